The Bertz CT molecular complexity index is 539. The molecule has 1 aromatic rings. The van der Waals surface area contributed by atoms with Gasteiger partial charge in [-0.15, -0.1) is 0 Å². The van der Waals surface area contributed by atoms with Crippen molar-refractivity contribution in [2.45, 2.75) is 25.8 Å². The van der Waals surface area contributed by atoms with E-state index >= 15 is 0 Å². The predicted molar refractivity (Wildman–Crippen MR) is 75.4 cm³/mol. The lowest BCUT2D eigenvalue weighted by molar-refractivity contribution is -0.116. The molecule has 0 atom stereocenters. The van der Waals surface area contributed by atoms with Gasteiger partial charge >= 0.3 is 0 Å². The lowest BCUT2D eigenvalue weighted by Gasteiger charge is -2.30. The second kappa shape index (κ2) is 4.96. The molecule has 1 aliphatic rings. The maximum atomic E-state index is 12.5. The second-order valence-electron chi connectivity index (χ2n) is 5.27. The third kappa shape index (κ3) is 2.66. The Morgan fingerprint density at radius 1 is 1.42 bits per heavy atom. The van der Waals surface area contributed by atoms with E-state index < -0.39 is 5.54 Å². The first-order valence-corrected chi connectivity index (χ1v) is 6.81. The zero-order valence-corrected chi connectivity index (χ0v) is 12.8. The molecular formula is C14H16BrNO3. The van der Waals surface area contributed by atoms with Gasteiger partial charge in [0.25, 0.3) is 5.91 Å². The van der Waals surface area contributed by atoms with Gasteiger partial charge in [0.05, 0.1) is 18.1 Å². The normalized spacial score (nSPS) is 17.7. The molecule has 102 valence electrons. The first-order valence-electron chi connectivity index (χ1n) is 6.02. The van der Waals surface area contributed by atoms with Crippen molar-refractivity contribution in [2.75, 3.05) is 13.7 Å². The van der Waals surface area contributed by atoms with Crippen LogP contribution in [0.2, 0.25) is 0 Å². The summed E-state index contributed by atoms with van der Waals surface area (Å²) in [4.78, 5) is 25.6. The molecule has 5 heteroatoms. The summed E-state index contributed by atoms with van der Waals surface area (Å²) < 4.78 is 5.86. The zero-order chi connectivity index (χ0) is 14.2. The maximum Gasteiger partial charge on any atom is 0.254 e. The molecular weight excluding hydrogens is 310 g/mol. The summed E-state index contributed by atoms with van der Waals surface area (Å²) in [6.45, 7) is 4.01. The molecule has 0 bridgehead atoms. The molecule has 19 heavy (non-hydrogen) atoms. The fourth-order valence-corrected chi connectivity index (χ4v) is 2.87. The molecule has 0 aliphatic carbocycles. The van der Waals surface area contributed by atoms with Gasteiger partial charge < -0.3 is 9.64 Å². The van der Waals surface area contributed by atoms with Gasteiger partial charge in [0.15, 0.2) is 5.78 Å². The van der Waals surface area contributed by atoms with E-state index in [1.807, 2.05) is 13.8 Å². The summed E-state index contributed by atoms with van der Waals surface area (Å²) in [7, 11) is 1.57. The largest absolute Gasteiger partial charge is 0.496 e. The zero-order valence-electron chi connectivity index (χ0n) is 11.2. The molecule has 1 aliphatic heterocycles. The highest BCUT2D eigenvalue weighted by atomic mass is 79.9. The minimum atomic E-state index is -0.416. The van der Waals surface area contributed by atoms with Gasteiger partial charge in [-0.25, -0.2) is 0 Å². The van der Waals surface area contributed by atoms with E-state index in [0.29, 0.717) is 17.7 Å². The Hall–Kier alpha value is -1.36. The van der Waals surface area contributed by atoms with Crippen molar-refractivity contribution < 1.29 is 14.3 Å². The van der Waals surface area contributed by atoms with Crippen LogP contribution in [-0.2, 0) is 4.79 Å². The molecule has 1 aromatic carbocycles. The topological polar surface area (TPSA) is 46.6 Å². The molecule has 2 rings (SSSR count). The quantitative estimate of drug-likeness (QED) is 0.839. The summed E-state index contributed by atoms with van der Waals surface area (Å²) in [5.74, 6) is 0.651. The maximum absolute atomic E-state index is 12.5. The molecule has 1 saturated heterocycles. The fourth-order valence-electron chi connectivity index (χ4n) is 2.33. The number of benzene rings is 1. The number of rotatable bonds is 2. The van der Waals surface area contributed by atoms with Crippen LogP contribution in [0.3, 0.4) is 0 Å². The number of ether oxygens (including phenoxy) is 1. The average molecular weight is 326 g/mol. The highest BCUT2D eigenvalue weighted by Crippen LogP contribution is 2.30. The first-order chi connectivity index (χ1) is 8.85. The molecule has 4 nitrogen and oxygen atoms in total. The minimum absolute atomic E-state index is 0.103. The number of carbonyl (C=O) groups is 2. The van der Waals surface area contributed by atoms with Gasteiger partial charge in [-0.3, -0.25) is 9.59 Å². The van der Waals surface area contributed by atoms with Crippen molar-refractivity contribution >= 4 is 27.6 Å². The lowest BCUT2D eigenvalue weighted by atomic mass is 10.0. The van der Waals surface area contributed by atoms with Crippen LogP contribution in [-0.4, -0.2) is 35.8 Å². The van der Waals surface area contributed by atoms with Crippen LogP contribution in [0.4, 0.5) is 0 Å². The fraction of sp³-hybridized carbons (Fsp3) is 0.429. The van der Waals surface area contributed by atoms with Crippen LogP contribution in [0.1, 0.15) is 30.6 Å². The van der Waals surface area contributed by atoms with E-state index in [4.69, 9.17) is 4.74 Å². The summed E-state index contributed by atoms with van der Waals surface area (Å²) in [6, 6.07) is 5.17. The van der Waals surface area contributed by atoms with Crippen molar-refractivity contribution in [1.29, 1.82) is 0 Å². The van der Waals surface area contributed by atoms with Gasteiger partial charge in [-0.05, 0) is 48.0 Å². The van der Waals surface area contributed by atoms with Crippen molar-refractivity contribution in [3.05, 3.63) is 28.2 Å². The number of nitrogens with zero attached hydrogens (tertiary/aromatic N) is 1. The van der Waals surface area contributed by atoms with Crippen LogP contribution in [0.15, 0.2) is 22.7 Å². The molecule has 0 saturated carbocycles. The Morgan fingerprint density at radius 3 is 2.58 bits per heavy atom. The number of likely N-dealkylation sites (tertiary alicyclic amines) is 1. The van der Waals surface area contributed by atoms with Crippen LogP contribution in [0, 0.1) is 0 Å². The molecule has 0 N–H and O–H groups in total. The van der Waals surface area contributed by atoms with Crippen LogP contribution < -0.4 is 4.74 Å². The van der Waals surface area contributed by atoms with Crippen LogP contribution in [0.25, 0.3) is 0 Å². The number of methoxy groups -OCH3 is 1. The van der Waals surface area contributed by atoms with Crippen molar-refractivity contribution in [1.82, 2.24) is 4.90 Å². The van der Waals surface area contributed by atoms with Gasteiger partial charge in [-0.2, -0.15) is 0 Å². The second-order valence-corrected chi connectivity index (χ2v) is 6.12. The smallest absolute Gasteiger partial charge is 0.254 e. The molecule has 1 heterocycles. The van der Waals surface area contributed by atoms with E-state index in [-0.39, 0.29) is 18.2 Å². The first kappa shape index (κ1) is 14.1. The van der Waals surface area contributed by atoms with Crippen LogP contribution in [0.5, 0.6) is 5.75 Å². The van der Waals surface area contributed by atoms with Gasteiger partial charge in [-0.1, -0.05) is 0 Å². The number of hydrogen-bond acceptors (Lipinski definition) is 3. The third-order valence-electron chi connectivity index (χ3n) is 3.34. The van der Waals surface area contributed by atoms with E-state index in [2.05, 4.69) is 15.9 Å². The summed E-state index contributed by atoms with van der Waals surface area (Å²) in [6.07, 6.45) is 0.413. The molecule has 1 amide bonds. The predicted octanol–water partition coefficient (Wildman–Crippen LogP) is 2.65. The monoisotopic (exact) mass is 325 g/mol. The van der Waals surface area contributed by atoms with Gasteiger partial charge in [0, 0.05) is 17.5 Å². The van der Waals surface area contributed by atoms with E-state index in [9.17, 15) is 9.59 Å². The number of ketones is 1. The van der Waals surface area contributed by atoms with E-state index in [0.717, 1.165) is 4.47 Å². The van der Waals surface area contributed by atoms with Gasteiger partial charge in [0.2, 0.25) is 0 Å². The number of amides is 1. The van der Waals surface area contributed by atoms with Crippen molar-refractivity contribution in [2.24, 2.45) is 0 Å². The molecule has 1 fully saturated rings. The SMILES string of the molecule is COc1ccc(C(=O)N2CC(=O)CC2(C)C)cc1Br. The Balaban J connectivity index is 2.30. The molecule has 0 spiro atoms. The average Bonchev–Trinajstić information content (AvgIpc) is 2.61. The van der Waals surface area contributed by atoms with Crippen LogP contribution >= 0.6 is 15.9 Å². The number of carbonyl (C=O) groups excluding carboxylic acids is 2. The number of Topliss-reactive ketones (excluding diaryl/α,β-unsaturated/α-hetero) is 1. The molecule has 0 radical (unpaired) electrons. The third-order valence-corrected chi connectivity index (χ3v) is 3.96. The minimum Gasteiger partial charge on any atom is -0.496 e. The molecule has 0 unspecified atom stereocenters. The van der Waals surface area contributed by atoms with Gasteiger partial charge in [0.1, 0.15) is 5.75 Å². The van der Waals surface area contributed by atoms with E-state index in [1.54, 1.807) is 30.2 Å². The van der Waals surface area contributed by atoms with Crippen molar-refractivity contribution in [3.8, 4) is 5.75 Å². The number of halogens is 1. The Kier molecular flexibility index (Phi) is 3.67. The highest BCUT2D eigenvalue weighted by Gasteiger charge is 2.40. The molecule has 0 aromatic heterocycles. The summed E-state index contributed by atoms with van der Waals surface area (Å²) >= 11 is 3.36. The summed E-state index contributed by atoms with van der Waals surface area (Å²) in [5.41, 5.74) is 0.135. The lowest BCUT2D eigenvalue weighted by Crippen LogP contribution is -2.42. The standard InChI is InChI=1S/C14H16BrNO3/c1-14(2)7-10(17)8-16(14)13(18)9-4-5-12(19-3)11(15)6-9/h4-6H,7-8H2,1-3H3. The Morgan fingerprint density at radius 2 is 2.11 bits per heavy atom. The van der Waals surface area contributed by atoms with Crippen molar-refractivity contribution in [3.63, 3.8) is 0 Å². The number of hydrogen-bond donors (Lipinski definition) is 0. The summed E-state index contributed by atoms with van der Waals surface area (Å²) in [5, 5.41) is 0. The van der Waals surface area contributed by atoms with E-state index in [1.165, 1.54) is 0 Å². The Labute approximate surface area is 120 Å². The highest BCUT2D eigenvalue weighted by molar-refractivity contribution is 9.10.